The van der Waals surface area contributed by atoms with Crippen LogP contribution >= 0.6 is 0 Å². The van der Waals surface area contributed by atoms with Gasteiger partial charge in [0.05, 0.1) is 5.69 Å². The Morgan fingerprint density at radius 3 is 2.40 bits per heavy atom. The van der Waals surface area contributed by atoms with Crippen LogP contribution in [-0.4, -0.2) is 29.4 Å². The molecule has 0 saturated carbocycles. The smallest absolute Gasteiger partial charge is 0.289 e. The minimum Gasteiger partial charge on any atom is -0.436 e. The molecule has 1 aliphatic heterocycles. The van der Waals surface area contributed by atoms with Gasteiger partial charge in [-0.05, 0) is 45.2 Å². The summed E-state index contributed by atoms with van der Waals surface area (Å²) in [4.78, 5) is 31.1. The number of carbonyl (C=O) groups excluding carboxylic acids is 2. The largest absolute Gasteiger partial charge is 0.436 e. The third kappa shape index (κ3) is 3.16. The topological polar surface area (TPSA) is 75.4 Å². The number of carbonyl (C=O) groups is 2. The molecule has 1 atom stereocenters. The fraction of sp³-hybridized carbons (Fsp3) is 0.421. The van der Waals surface area contributed by atoms with Crippen LogP contribution in [0.5, 0.6) is 0 Å². The first-order chi connectivity index (χ1) is 11.8. The number of nitrogens with zero attached hydrogens (tertiary/aromatic N) is 2. The molecular formula is C19H23N3O3. The number of benzene rings is 1. The molecule has 0 aliphatic carbocycles. The van der Waals surface area contributed by atoms with Gasteiger partial charge in [-0.25, -0.2) is 4.98 Å². The second-order valence-electron chi connectivity index (χ2n) is 6.70. The Labute approximate surface area is 147 Å². The van der Waals surface area contributed by atoms with Crippen molar-refractivity contribution < 1.29 is 14.0 Å². The summed E-state index contributed by atoms with van der Waals surface area (Å²) in [7, 11) is 0. The van der Waals surface area contributed by atoms with Crippen LogP contribution in [0.1, 0.15) is 45.3 Å². The molecular weight excluding hydrogens is 318 g/mol. The molecule has 2 amide bonds. The summed E-state index contributed by atoms with van der Waals surface area (Å²) in [6, 6.07) is 3.60. The van der Waals surface area contributed by atoms with Crippen molar-refractivity contribution in [3.63, 3.8) is 0 Å². The highest BCUT2D eigenvalue weighted by molar-refractivity contribution is 6.04. The number of aromatic nitrogens is 1. The molecule has 132 valence electrons. The molecule has 6 nitrogen and oxygen atoms in total. The van der Waals surface area contributed by atoms with E-state index in [1.807, 2.05) is 20.8 Å². The van der Waals surface area contributed by atoms with Crippen molar-refractivity contribution in [2.45, 2.75) is 47.1 Å². The fourth-order valence-electron chi connectivity index (χ4n) is 3.60. The molecule has 0 radical (unpaired) electrons. The average molecular weight is 341 g/mol. The Balaban J connectivity index is 1.79. The van der Waals surface area contributed by atoms with E-state index in [-0.39, 0.29) is 11.7 Å². The second-order valence-corrected chi connectivity index (χ2v) is 6.70. The summed E-state index contributed by atoms with van der Waals surface area (Å²) in [5.74, 6) is 0.132. The molecule has 0 bridgehead atoms. The summed E-state index contributed by atoms with van der Waals surface area (Å²) in [6.07, 6.45) is 0.573. The van der Waals surface area contributed by atoms with Crippen LogP contribution in [0, 0.1) is 34.6 Å². The van der Waals surface area contributed by atoms with Crippen molar-refractivity contribution in [3.8, 4) is 0 Å². The predicted octanol–water partition coefficient (Wildman–Crippen LogP) is 2.75. The van der Waals surface area contributed by atoms with Crippen LogP contribution in [0.15, 0.2) is 16.5 Å². The van der Waals surface area contributed by atoms with Crippen molar-refractivity contribution in [2.75, 3.05) is 11.4 Å². The average Bonchev–Trinajstić information content (AvgIpc) is 3.02. The monoisotopic (exact) mass is 341 g/mol. The molecule has 2 aromatic rings. The molecule has 0 spiro atoms. The zero-order valence-electron chi connectivity index (χ0n) is 15.3. The number of hydrogen-bond donors (Lipinski definition) is 1. The molecule has 1 saturated heterocycles. The molecule has 6 heteroatoms. The van der Waals surface area contributed by atoms with Crippen LogP contribution in [-0.2, 0) is 4.79 Å². The Morgan fingerprint density at radius 1 is 1.20 bits per heavy atom. The maximum absolute atomic E-state index is 12.8. The van der Waals surface area contributed by atoms with Gasteiger partial charge in [0, 0.05) is 19.2 Å². The molecule has 1 aliphatic rings. The van der Waals surface area contributed by atoms with E-state index >= 15 is 0 Å². The first kappa shape index (κ1) is 17.2. The van der Waals surface area contributed by atoms with Gasteiger partial charge in [-0.3, -0.25) is 9.59 Å². The number of oxazole rings is 1. The van der Waals surface area contributed by atoms with Crippen LogP contribution in [0.25, 0.3) is 0 Å². The molecule has 1 aromatic carbocycles. The standard InChI is InChI=1S/C19H23N3O3/c1-10-8-11(2)16(12(3)9-10)22-7-6-15(19(22)24)21-18(23)17-13(4)20-14(5)25-17/h8-9,15H,6-7H2,1-5H3,(H,21,23). The second kappa shape index (κ2) is 6.35. The molecule has 1 fully saturated rings. The van der Waals surface area contributed by atoms with Crippen molar-refractivity contribution >= 4 is 17.5 Å². The zero-order chi connectivity index (χ0) is 18.3. The van der Waals surface area contributed by atoms with Crippen molar-refractivity contribution in [1.29, 1.82) is 0 Å². The SMILES string of the molecule is Cc1cc(C)c(N2CCC(NC(=O)c3oc(C)nc3C)C2=O)c(C)c1. The van der Waals surface area contributed by atoms with Gasteiger partial charge in [0.1, 0.15) is 6.04 Å². The molecule has 1 unspecified atom stereocenters. The number of nitrogens with one attached hydrogen (secondary N) is 1. The van der Waals surface area contributed by atoms with Crippen molar-refractivity contribution in [1.82, 2.24) is 10.3 Å². The minimum atomic E-state index is -0.544. The molecule has 25 heavy (non-hydrogen) atoms. The van der Waals surface area contributed by atoms with E-state index in [0.717, 1.165) is 16.8 Å². The van der Waals surface area contributed by atoms with Gasteiger partial charge in [0.15, 0.2) is 5.89 Å². The lowest BCUT2D eigenvalue weighted by molar-refractivity contribution is -0.118. The minimum absolute atomic E-state index is 0.0858. The number of anilines is 1. The van der Waals surface area contributed by atoms with Crippen LogP contribution in [0.4, 0.5) is 5.69 Å². The van der Waals surface area contributed by atoms with Gasteiger partial charge in [-0.15, -0.1) is 0 Å². The summed E-state index contributed by atoms with van der Waals surface area (Å²) < 4.78 is 5.34. The number of hydrogen-bond acceptors (Lipinski definition) is 4. The third-order valence-corrected chi connectivity index (χ3v) is 4.53. The van der Waals surface area contributed by atoms with Gasteiger partial charge >= 0.3 is 0 Å². The van der Waals surface area contributed by atoms with E-state index < -0.39 is 11.9 Å². The summed E-state index contributed by atoms with van der Waals surface area (Å²) >= 11 is 0. The van der Waals surface area contributed by atoms with Crippen molar-refractivity contribution in [3.05, 3.63) is 46.2 Å². The Hall–Kier alpha value is -2.63. The van der Waals surface area contributed by atoms with Gasteiger partial charge in [-0.2, -0.15) is 0 Å². The van der Waals surface area contributed by atoms with E-state index in [9.17, 15) is 9.59 Å². The van der Waals surface area contributed by atoms with Gasteiger partial charge in [0.2, 0.25) is 11.7 Å². The van der Waals surface area contributed by atoms with E-state index in [4.69, 9.17) is 4.42 Å². The van der Waals surface area contributed by atoms with E-state index in [1.54, 1.807) is 18.7 Å². The Morgan fingerprint density at radius 2 is 1.84 bits per heavy atom. The van der Waals surface area contributed by atoms with Crippen LogP contribution < -0.4 is 10.2 Å². The van der Waals surface area contributed by atoms with Crippen LogP contribution in [0.3, 0.4) is 0 Å². The number of amides is 2. The lowest BCUT2D eigenvalue weighted by Crippen LogP contribution is -2.42. The first-order valence-electron chi connectivity index (χ1n) is 8.42. The Bertz CT molecular complexity index is 831. The molecule has 3 rings (SSSR count). The number of rotatable bonds is 3. The quantitative estimate of drug-likeness (QED) is 0.931. The van der Waals surface area contributed by atoms with Crippen molar-refractivity contribution in [2.24, 2.45) is 0 Å². The summed E-state index contributed by atoms with van der Waals surface area (Å²) in [6.45, 7) is 10.1. The third-order valence-electron chi connectivity index (χ3n) is 4.53. The Kier molecular flexibility index (Phi) is 4.37. The molecule has 2 heterocycles. The highest BCUT2D eigenvalue weighted by atomic mass is 16.4. The van der Waals surface area contributed by atoms with Gasteiger partial charge in [-0.1, -0.05) is 17.7 Å². The predicted molar refractivity (Wildman–Crippen MR) is 94.9 cm³/mol. The zero-order valence-corrected chi connectivity index (χ0v) is 15.3. The summed E-state index contributed by atoms with van der Waals surface area (Å²) in [5, 5.41) is 2.79. The highest BCUT2D eigenvalue weighted by Gasteiger charge is 2.35. The van der Waals surface area contributed by atoms with E-state index in [2.05, 4.69) is 22.4 Å². The molecule has 1 aromatic heterocycles. The maximum atomic E-state index is 12.8. The van der Waals surface area contributed by atoms with Gasteiger partial charge in [0.25, 0.3) is 5.91 Å². The lowest BCUT2D eigenvalue weighted by atomic mass is 10.0. The van der Waals surface area contributed by atoms with E-state index in [1.165, 1.54) is 5.56 Å². The highest BCUT2D eigenvalue weighted by Crippen LogP contribution is 2.30. The fourth-order valence-corrected chi connectivity index (χ4v) is 3.60. The summed E-state index contributed by atoms with van der Waals surface area (Å²) in [5.41, 5.74) is 4.78. The van der Waals surface area contributed by atoms with E-state index in [0.29, 0.717) is 24.6 Å². The van der Waals surface area contributed by atoms with Crippen LogP contribution in [0.2, 0.25) is 0 Å². The lowest BCUT2D eigenvalue weighted by Gasteiger charge is -2.22. The first-order valence-corrected chi connectivity index (χ1v) is 8.42. The number of aryl methyl sites for hydroxylation is 5. The molecule has 1 N–H and O–H groups in total. The van der Waals surface area contributed by atoms with Gasteiger partial charge < -0.3 is 14.6 Å². The normalized spacial score (nSPS) is 17.2. The maximum Gasteiger partial charge on any atom is 0.289 e.